The number of rotatable bonds is 6. The molecule has 1 aromatic rings. The summed E-state index contributed by atoms with van der Waals surface area (Å²) in [6.07, 6.45) is 9.73. The highest BCUT2D eigenvalue weighted by molar-refractivity contribution is 6.00. The molecule has 2 fully saturated rings. The van der Waals surface area contributed by atoms with Gasteiger partial charge in [-0.1, -0.05) is 25.7 Å². The highest BCUT2D eigenvalue weighted by Crippen LogP contribution is 2.30. The molecule has 7 nitrogen and oxygen atoms in total. The zero-order valence-corrected chi connectivity index (χ0v) is 16.4. The lowest BCUT2D eigenvalue weighted by molar-refractivity contribution is 0.228. The van der Waals surface area contributed by atoms with Gasteiger partial charge in [-0.3, -0.25) is 19.3 Å². The van der Waals surface area contributed by atoms with Crippen molar-refractivity contribution in [3.05, 3.63) is 26.4 Å². The lowest BCUT2D eigenvalue weighted by atomic mass is 9.95. The molecule has 27 heavy (non-hydrogen) atoms. The number of aromatic amines is 1. The van der Waals surface area contributed by atoms with E-state index in [1.165, 1.54) is 23.8 Å². The number of piperidine rings is 1. The molecule has 2 aliphatic rings. The normalized spacial score (nSPS) is 20.1. The Morgan fingerprint density at radius 2 is 1.78 bits per heavy atom. The molecule has 150 valence electrons. The van der Waals surface area contributed by atoms with Gasteiger partial charge in [0.05, 0.1) is 0 Å². The zero-order chi connectivity index (χ0) is 19.2. The summed E-state index contributed by atoms with van der Waals surface area (Å²) in [5, 5.41) is 10.7. The van der Waals surface area contributed by atoms with Gasteiger partial charge < -0.3 is 10.0 Å². The zero-order valence-electron chi connectivity index (χ0n) is 16.4. The van der Waals surface area contributed by atoms with Crippen molar-refractivity contribution in [2.75, 3.05) is 26.2 Å². The topological polar surface area (TPSA) is 90.7 Å². The predicted octanol–water partition coefficient (Wildman–Crippen LogP) is 2.43. The van der Waals surface area contributed by atoms with Gasteiger partial charge in [0, 0.05) is 18.3 Å². The second kappa shape index (κ2) is 9.35. The number of nitrogens with one attached hydrogen (secondary N) is 1. The SMILES string of the molecule is CC(=NCCCN1CCCCC1)c1c(O)n(C2CCCCC2)c(=O)[nH]c1=O. The molecule has 0 bridgehead atoms. The van der Waals surface area contributed by atoms with Gasteiger partial charge in [-0.2, -0.15) is 0 Å². The molecule has 7 heteroatoms. The second-order valence-electron chi connectivity index (χ2n) is 7.84. The summed E-state index contributed by atoms with van der Waals surface area (Å²) in [6.45, 7) is 5.69. The number of nitrogens with zero attached hydrogens (tertiary/aromatic N) is 3. The molecule has 0 spiro atoms. The van der Waals surface area contributed by atoms with Gasteiger partial charge in [0.2, 0.25) is 5.88 Å². The summed E-state index contributed by atoms with van der Waals surface area (Å²) in [5.41, 5.74) is -0.442. The van der Waals surface area contributed by atoms with Crippen molar-refractivity contribution in [1.82, 2.24) is 14.5 Å². The molecule has 0 unspecified atom stereocenters. The monoisotopic (exact) mass is 376 g/mol. The number of aromatic hydroxyl groups is 1. The summed E-state index contributed by atoms with van der Waals surface area (Å²) in [5.74, 6) is -0.229. The summed E-state index contributed by atoms with van der Waals surface area (Å²) in [7, 11) is 0. The van der Waals surface area contributed by atoms with E-state index in [0.29, 0.717) is 12.3 Å². The first-order chi connectivity index (χ1) is 13.1. The Morgan fingerprint density at radius 1 is 1.11 bits per heavy atom. The minimum Gasteiger partial charge on any atom is -0.494 e. The van der Waals surface area contributed by atoms with Crippen LogP contribution in [0.25, 0.3) is 0 Å². The van der Waals surface area contributed by atoms with Crippen molar-refractivity contribution in [3.8, 4) is 5.88 Å². The van der Waals surface area contributed by atoms with Crippen LogP contribution >= 0.6 is 0 Å². The fraction of sp³-hybridized carbons (Fsp3) is 0.750. The van der Waals surface area contributed by atoms with E-state index in [1.807, 2.05) is 0 Å². The number of hydrogen-bond acceptors (Lipinski definition) is 5. The minimum atomic E-state index is -0.554. The third-order valence-corrected chi connectivity index (χ3v) is 5.85. The maximum atomic E-state index is 12.3. The molecule has 1 aliphatic carbocycles. The molecule has 0 atom stereocenters. The highest BCUT2D eigenvalue weighted by atomic mass is 16.3. The van der Waals surface area contributed by atoms with Crippen molar-refractivity contribution < 1.29 is 5.11 Å². The highest BCUT2D eigenvalue weighted by Gasteiger charge is 2.23. The molecular formula is C20H32N4O3. The van der Waals surface area contributed by atoms with Crippen molar-refractivity contribution in [1.29, 1.82) is 0 Å². The van der Waals surface area contributed by atoms with Gasteiger partial charge in [-0.05, 0) is 58.7 Å². The first-order valence-electron chi connectivity index (χ1n) is 10.4. The van der Waals surface area contributed by atoms with Crippen molar-refractivity contribution >= 4 is 5.71 Å². The average Bonchev–Trinajstić information content (AvgIpc) is 2.66. The Bertz CT molecular complexity index is 768. The molecule has 0 amide bonds. The van der Waals surface area contributed by atoms with E-state index in [0.717, 1.165) is 58.2 Å². The van der Waals surface area contributed by atoms with E-state index in [1.54, 1.807) is 6.92 Å². The van der Waals surface area contributed by atoms with Crippen LogP contribution in [0.1, 0.15) is 76.3 Å². The van der Waals surface area contributed by atoms with Gasteiger partial charge in [0.1, 0.15) is 5.56 Å². The van der Waals surface area contributed by atoms with E-state index in [-0.39, 0.29) is 17.5 Å². The Balaban J connectivity index is 1.72. The lowest BCUT2D eigenvalue weighted by Gasteiger charge is -2.26. The van der Waals surface area contributed by atoms with E-state index >= 15 is 0 Å². The Kier molecular flexibility index (Phi) is 6.88. The predicted molar refractivity (Wildman–Crippen MR) is 107 cm³/mol. The van der Waals surface area contributed by atoms with Crippen molar-refractivity contribution in [2.45, 2.75) is 70.8 Å². The van der Waals surface area contributed by atoms with E-state index in [9.17, 15) is 14.7 Å². The van der Waals surface area contributed by atoms with Crippen LogP contribution < -0.4 is 11.2 Å². The van der Waals surface area contributed by atoms with Crippen LogP contribution in [0, 0.1) is 0 Å². The first-order valence-corrected chi connectivity index (χ1v) is 10.4. The molecule has 0 radical (unpaired) electrons. The van der Waals surface area contributed by atoms with Crippen LogP contribution in [-0.2, 0) is 0 Å². The van der Waals surface area contributed by atoms with Crippen LogP contribution in [-0.4, -0.2) is 51.4 Å². The third kappa shape index (κ3) is 4.89. The first kappa shape index (κ1) is 19.9. The molecular weight excluding hydrogens is 344 g/mol. The Labute approximate surface area is 160 Å². The van der Waals surface area contributed by atoms with E-state index in [4.69, 9.17) is 0 Å². The Morgan fingerprint density at radius 3 is 2.48 bits per heavy atom. The van der Waals surface area contributed by atoms with Gasteiger partial charge in [0.25, 0.3) is 5.56 Å². The lowest BCUT2D eigenvalue weighted by Crippen LogP contribution is -2.36. The van der Waals surface area contributed by atoms with Crippen LogP contribution in [0.5, 0.6) is 5.88 Å². The number of H-pyrrole nitrogens is 1. The van der Waals surface area contributed by atoms with Crippen molar-refractivity contribution in [2.24, 2.45) is 4.99 Å². The van der Waals surface area contributed by atoms with Gasteiger partial charge >= 0.3 is 5.69 Å². The van der Waals surface area contributed by atoms with Gasteiger partial charge in [0.15, 0.2) is 0 Å². The number of aromatic nitrogens is 2. The molecule has 1 saturated heterocycles. The summed E-state index contributed by atoms with van der Waals surface area (Å²) < 4.78 is 1.36. The minimum absolute atomic E-state index is 0.0475. The standard InChI is InChI=1S/C20H32N4O3/c1-15(21-11-8-14-23-12-6-3-7-13-23)17-18(25)22-20(27)24(19(17)26)16-9-4-2-5-10-16/h16,26H,2-14H2,1H3,(H,22,25,27). The largest absolute Gasteiger partial charge is 0.494 e. The molecule has 1 saturated carbocycles. The maximum Gasteiger partial charge on any atom is 0.331 e. The maximum absolute atomic E-state index is 12.3. The summed E-state index contributed by atoms with van der Waals surface area (Å²) in [4.78, 5) is 33.9. The fourth-order valence-corrected chi connectivity index (χ4v) is 4.35. The third-order valence-electron chi connectivity index (χ3n) is 5.85. The summed E-state index contributed by atoms with van der Waals surface area (Å²) >= 11 is 0. The van der Waals surface area contributed by atoms with Crippen molar-refractivity contribution in [3.63, 3.8) is 0 Å². The quantitative estimate of drug-likeness (QED) is 0.589. The molecule has 0 aromatic carbocycles. The van der Waals surface area contributed by atoms with Crippen LogP contribution in [0.15, 0.2) is 14.6 Å². The van der Waals surface area contributed by atoms with Gasteiger partial charge in [-0.25, -0.2) is 4.79 Å². The molecule has 1 aliphatic heterocycles. The number of aliphatic imine (C=N–C) groups is 1. The van der Waals surface area contributed by atoms with Gasteiger partial charge in [-0.15, -0.1) is 0 Å². The number of likely N-dealkylation sites (tertiary alicyclic amines) is 1. The van der Waals surface area contributed by atoms with Crippen LogP contribution in [0.3, 0.4) is 0 Å². The molecule has 3 rings (SSSR count). The van der Waals surface area contributed by atoms with E-state index in [2.05, 4.69) is 14.9 Å². The Hall–Kier alpha value is -1.89. The van der Waals surface area contributed by atoms with E-state index < -0.39 is 11.2 Å². The molecule has 2 heterocycles. The molecule has 2 N–H and O–H groups in total. The average molecular weight is 377 g/mol. The fourth-order valence-electron chi connectivity index (χ4n) is 4.35. The second-order valence-corrected chi connectivity index (χ2v) is 7.84. The van der Waals surface area contributed by atoms with Crippen LogP contribution in [0.2, 0.25) is 0 Å². The van der Waals surface area contributed by atoms with Crippen LogP contribution in [0.4, 0.5) is 0 Å². The summed E-state index contributed by atoms with van der Waals surface area (Å²) in [6, 6.07) is -0.0475. The smallest absolute Gasteiger partial charge is 0.331 e. The number of hydrogen-bond donors (Lipinski definition) is 2. The molecule has 1 aromatic heterocycles.